The minimum absolute atomic E-state index is 0.00144. The summed E-state index contributed by atoms with van der Waals surface area (Å²) in [6, 6.07) is 7.61. The van der Waals surface area contributed by atoms with Crippen LogP contribution in [0.15, 0.2) is 40.3 Å². The van der Waals surface area contributed by atoms with Gasteiger partial charge in [0.15, 0.2) is 0 Å². The van der Waals surface area contributed by atoms with Crippen LogP contribution in [0.5, 0.6) is 0 Å². The van der Waals surface area contributed by atoms with E-state index in [1.165, 1.54) is 4.88 Å². The lowest BCUT2D eigenvalue weighted by Crippen LogP contribution is -2.36. The van der Waals surface area contributed by atoms with Crippen LogP contribution in [0.25, 0.3) is 0 Å². The molecule has 0 aliphatic rings. The number of amides is 2. The lowest BCUT2D eigenvalue weighted by molar-refractivity contribution is -0.126. The molecule has 2 amide bonds. The molecule has 2 aromatic heterocycles. The van der Waals surface area contributed by atoms with E-state index in [9.17, 15) is 9.59 Å². The van der Waals surface area contributed by atoms with Crippen LogP contribution < -0.4 is 10.6 Å². The number of furan rings is 1. The molecule has 0 fully saturated rings. The Labute approximate surface area is 127 Å². The number of thiophene rings is 1. The third kappa shape index (κ3) is 5.83. The van der Waals surface area contributed by atoms with Crippen molar-refractivity contribution in [1.82, 2.24) is 10.6 Å². The van der Waals surface area contributed by atoms with E-state index in [-0.39, 0.29) is 18.4 Å². The van der Waals surface area contributed by atoms with E-state index in [1.807, 2.05) is 11.4 Å². The fraction of sp³-hybridized carbons (Fsp3) is 0.333. The largest absolute Gasteiger partial charge is 0.467 e. The molecular weight excluding hydrogens is 288 g/mol. The second kappa shape index (κ2) is 8.26. The third-order valence-electron chi connectivity index (χ3n) is 2.89. The van der Waals surface area contributed by atoms with Gasteiger partial charge in [-0.3, -0.25) is 9.59 Å². The topological polar surface area (TPSA) is 71.3 Å². The number of hydrogen-bond donors (Lipinski definition) is 2. The van der Waals surface area contributed by atoms with E-state index < -0.39 is 0 Å². The summed E-state index contributed by atoms with van der Waals surface area (Å²) >= 11 is 1.69. The average Bonchev–Trinajstić information content (AvgIpc) is 3.16. The first-order valence-electron chi connectivity index (χ1n) is 6.82. The van der Waals surface area contributed by atoms with E-state index in [0.717, 1.165) is 12.8 Å². The predicted molar refractivity (Wildman–Crippen MR) is 80.8 cm³/mol. The molecule has 112 valence electrons. The monoisotopic (exact) mass is 306 g/mol. The minimum atomic E-state index is -0.224. The Kier molecular flexibility index (Phi) is 6.02. The molecule has 2 heterocycles. The molecule has 0 aliphatic heterocycles. The van der Waals surface area contributed by atoms with Gasteiger partial charge in [-0.05, 0) is 36.4 Å². The summed E-state index contributed by atoms with van der Waals surface area (Å²) in [5, 5.41) is 7.31. The first-order valence-corrected chi connectivity index (χ1v) is 7.70. The van der Waals surface area contributed by atoms with Crippen LogP contribution in [0.1, 0.15) is 23.5 Å². The highest BCUT2D eigenvalue weighted by Gasteiger charge is 2.06. The molecular formula is C15H18N2O3S. The van der Waals surface area contributed by atoms with Crippen LogP contribution in [0.3, 0.4) is 0 Å². The van der Waals surface area contributed by atoms with Gasteiger partial charge in [0.05, 0.1) is 19.4 Å². The van der Waals surface area contributed by atoms with Gasteiger partial charge in [0.2, 0.25) is 11.8 Å². The van der Waals surface area contributed by atoms with Gasteiger partial charge in [-0.2, -0.15) is 0 Å². The van der Waals surface area contributed by atoms with Gasteiger partial charge in [0.25, 0.3) is 0 Å². The van der Waals surface area contributed by atoms with Gasteiger partial charge in [0, 0.05) is 11.3 Å². The highest BCUT2D eigenvalue weighted by molar-refractivity contribution is 7.09. The molecule has 5 nitrogen and oxygen atoms in total. The van der Waals surface area contributed by atoms with E-state index in [2.05, 4.69) is 16.7 Å². The second-order valence-electron chi connectivity index (χ2n) is 4.57. The van der Waals surface area contributed by atoms with E-state index in [1.54, 1.807) is 29.7 Å². The van der Waals surface area contributed by atoms with Gasteiger partial charge < -0.3 is 15.1 Å². The summed E-state index contributed by atoms with van der Waals surface area (Å²) < 4.78 is 5.10. The normalized spacial score (nSPS) is 10.3. The summed E-state index contributed by atoms with van der Waals surface area (Å²) in [4.78, 5) is 24.4. The Morgan fingerprint density at radius 3 is 2.76 bits per heavy atom. The molecule has 0 saturated heterocycles. The van der Waals surface area contributed by atoms with Crippen molar-refractivity contribution in [2.75, 3.05) is 6.54 Å². The first kappa shape index (κ1) is 15.3. The summed E-state index contributed by atoms with van der Waals surface area (Å²) in [5.41, 5.74) is 0. The number of carbonyl (C=O) groups excluding carboxylic acids is 2. The average molecular weight is 306 g/mol. The number of rotatable bonds is 8. The van der Waals surface area contributed by atoms with Gasteiger partial charge >= 0.3 is 0 Å². The molecule has 0 spiro atoms. The zero-order valence-corrected chi connectivity index (χ0v) is 12.4. The Hall–Kier alpha value is -2.08. The Bertz CT molecular complexity index is 550. The van der Waals surface area contributed by atoms with Crippen molar-refractivity contribution in [2.24, 2.45) is 0 Å². The maximum atomic E-state index is 11.6. The number of carbonyl (C=O) groups is 2. The van der Waals surface area contributed by atoms with Gasteiger partial charge in [-0.15, -0.1) is 11.3 Å². The SMILES string of the molecule is O=C(CCCc1cccs1)NCC(=O)NCc1ccco1. The van der Waals surface area contributed by atoms with Crippen LogP contribution >= 0.6 is 11.3 Å². The molecule has 2 rings (SSSR count). The number of hydrogen-bond acceptors (Lipinski definition) is 4. The quantitative estimate of drug-likeness (QED) is 0.784. The Morgan fingerprint density at radius 1 is 1.14 bits per heavy atom. The van der Waals surface area contributed by atoms with Crippen molar-refractivity contribution in [1.29, 1.82) is 0 Å². The highest BCUT2D eigenvalue weighted by Crippen LogP contribution is 2.11. The van der Waals surface area contributed by atoms with Crippen molar-refractivity contribution < 1.29 is 14.0 Å². The van der Waals surface area contributed by atoms with Gasteiger partial charge in [0.1, 0.15) is 5.76 Å². The molecule has 21 heavy (non-hydrogen) atoms. The molecule has 0 unspecified atom stereocenters. The summed E-state index contributed by atoms with van der Waals surface area (Å²) in [6.45, 7) is 0.332. The Balaban J connectivity index is 1.54. The van der Waals surface area contributed by atoms with Crippen molar-refractivity contribution >= 4 is 23.2 Å². The zero-order valence-electron chi connectivity index (χ0n) is 11.6. The molecule has 0 aromatic carbocycles. The fourth-order valence-electron chi connectivity index (χ4n) is 1.81. The fourth-order valence-corrected chi connectivity index (χ4v) is 2.56. The van der Waals surface area contributed by atoms with Crippen LogP contribution in [0, 0.1) is 0 Å². The maximum Gasteiger partial charge on any atom is 0.239 e. The molecule has 2 aromatic rings. The van der Waals surface area contributed by atoms with Gasteiger partial charge in [-0.25, -0.2) is 0 Å². The summed E-state index contributed by atoms with van der Waals surface area (Å²) in [6.07, 6.45) is 3.68. The standard InChI is InChI=1S/C15H18N2O3S/c18-14(7-1-5-13-6-3-9-21-13)17-11-15(19)16-10-12-4-2-8-20-12/h2-4,6,8-9H,1,5,7,10-11H2,(H,16,19)(H,17,18). The summed E-state index contributed by atoms with van der Waals surface area (Å²) in [5.74, 6) is 0.364. The first-order chi connectivity index (χ1) is 10.2. The molecule has 0 saturated carbocycles. The predicted octanol–water partition coefficient (Wildman–Crippen LogP) is 2.10. The molecule has 0 aliphatic carbocycles. The van der Waals surface area contributed by atoms with Crippen LogP contribution in [0.4, 0.5) is 0 Å². The highest BCUT2D eigenvalue weighted by atomic mass is 32.1. The minimum Gasteiger partial charge on any atom is -0.467 e. The van der Waals surface area contributed by atoms with Crippen molar-refractivity contribution in [3.05, 3.63) is 46.5 Å². The number of nitrogens with one attached hydrogen (secondary N) is 2. The van der Waals surface area contributed by atoms with Crippen molar-refractivity contribution in [2.45, 2.75) is 25.8 Å². The molecule has 0 bridgehead atoms. The lowest BCUT2D eigenvalue weighted by Gasteiger charge is -2.05. The molecule has 0 atom stereocenters. The van der Waals surface area contributed by atoms with E-state index in [0.29, 0.717) is 18.7 Å². The molecule has 6 heteroatoms. The zero-order chi connectivity index (χ0) is 14.9. The van der Waals surface area contributed by atoms with Crippen molar-refractivity contribution in [3.63, 3.8) is 0 Å². The summed E-state index contributed by atoms with van der Waals surface area (Å²) in [7, 11) is 0. The third-order valence-corrected chi connectivity index (χ3v) is 3.83. The van der Waals surface area contributed by atoms with Crippen LogP contribution in [0.2, 0.25) is 0 Å². The van der Waals surface area contributed by atoms with Crippen LogP contribution in [-0.2, 0) is 22.6 Å². The van der Waals surface area contributed by atoms with E-state index >= 15 is 0 Å². The van der Waals surface area contributed by atoms with E-state index in [4.69, 9.17) is 4.42 Å². The second-order valence-corrected chi connectivity index (χ2v) is 5.60. The smallest absolute Gasteiger partial charge is 0.239 e. The van der Waals surface area contributed by atoms with Crippen LogP contribution in [-0.4, -0.2) is 18.4 Å². The number of aryl methyl sites for hydroxylation is 1. The maximum absolute atomic E-state index is 11.6. The lowest BCUT2D eigenvalue weighted by atomic mass is 10.2. The van der Waals surface area contributed by atoms with Crippen molar-refractivity contribution in [3.8, 4) is 0 Å². The van der Waals surface area contributed by atoms with Gasteiger partial charge in [-0.1, -0.05) is 6.07 Å². The molecule has 2 N–H and O–H groups in total. The molecule has 0 radical (unpaired) electrons. The Morgan fingerprint density at radius 2 is 2.05 bits per heavy atom.